The molecule has 2 aromatic carbocycles. The Morgan fingerprint density at radius 3 is 2.54 bits per heavy atom. The molecular formula is C17H18Cl2N2O4S. The van der Waals surface area contributed by atoms with Crippen molar-refractivity contribution in [1.29, 1.82) is 0 Å². The van der Waals surface area contributed by atoms with E-state index in [0.717, 1.165) is 9.87 Å². The maximum atomic E-state index is 12.2. The maximum absolute atomic E-state index is 12.2. The average Bonchev–Trinajstić information content (AvgIpc) is 2.58. The second kappa shape index (κ2) is 8.26. The van der Waals surface area contributed by atoms with E-state index in [4.69, 9.17) is 27.9 Å². The fourth-order valence-corrected chi connectivity index (χ4v) is 3.31. The van der Waals surface area contributed by atoms with Crippen LogP contribution >= 0.6 is 23.2 Å². The SMILES string of the molecule is Cc1ccc(S(=O)(=O)N(C)C)cc1NC(=O)COc1cccc(Cl)c1Cl. The van der Waals surface area contributed by atoms with Crippen molar-refractivity contribution >= 4 is 44.8 Å². The van der Waals surface area contributed by atoms with Crippen LogP contribution in [0.25, 0.3) is 0 Å². The van der Waals surface area contributed by atoms with E-state index in [9.17, 15) is 13.2 Å². The normalized spacial score (nSPS) is 11.5. The average molecular weight is 417 g/mol. The lowest BCUT2D eigenvalue weighted by Crippen LogP contribution is -2.23. The highest BCUT2D eigenvalue weighted by Gasteiger charge is 2.19. The molecule has 0 aliphatic rings. The smallest absolute Gasteiger partial charge is 0.262 e. The quantitative estimate of drug-likeness (QED) is 0.780. The summed E-state index contributed by atoms with van der Waals surface area (Å²) >= 11 is 11.9. The van der Waals surface area contributed by atoms with Crippen molar-refractivity contribution in [2.75, 3.05) is 26.0 Å². The largest absolute Gasteiger partial charge is 0.482 e. The van der Waals surface area contributed by atoms with Crippen molar-refractivity contribution in [1.82, 2.24) is 4.31 Å². The number of hydrogen-bond acceptors (Lipinski definition) is 4. The molecule has 9 heteroatoms. The first-order valence-corrected chi connectivity index (χ1v) is 9.72. The molecule has 0 unspecified atom stereocenters. The predicted octanol–water partition coefficient (Wildman–Crippen LogP) is 3.57. The van der Waals surface area contributed by atoms with Gasteiger partial charge < -0.3 is 10.1 Å². The Kier molecular flexibility index (Phi) is 6.52. The standard InChI is InChI=1S/C17H18Cl2N2O4S/c1-11-7-8-12(26(23,24)21(2)3)9-14(11)20-16(22)10-25-15-6-4-5-13(18)17(15)19/h4-9H,10H2,1-3H3,(H,20,22). The summed E-state index contributed by atoms with van der Waals surface area (Å²) in [5.41, 5.74) is 1.11. The number of rotatable bonds is 6. The van der Waals surface area contributed by atoms with Gasteiger partial charge in [0.25, 0.3) is 5.91 Å². The summed E-state index contributed by atoms with van der Waals surface area (Å²) < 4.78 is 30.9. The zero-order chi connectivity index (χ0) is 19.5. The lowest BCUT2D eigenvalue weighted by molar-refractivity contribution is -0.118. The molecule has 6 nitrogen and oxygen atoms in total. The molecule has 1 amide bonds. The van der Waals surface area contributed by atoms with Crippen molar-refractivity contribution in [3.63, 3.8) is 0 Å². The van der Waals surface area contributed by atoms with Crippen molar-refractivity contribution < 1.29 is 17.9 Å². The van der Waals surface area contributed by atoms with Gasteiger partial charge in [-0.05, 0) is 36.8 Å². The number of amides is 1. The number of halogens is 2. The summed E-state index contributed by atoms with van der Waals surface area (Å²) in [6.45, 7) is 1.46. The lowest BCUT2D eigenvalue weighted by Gasteiger charge is -2.15. The summed E-state index contributed by atoms with van der Waals surface area (Å²) in [5.74, 6) is -0.168. The van der Waals surface area contributed by atoms with Crippen LogP contribution in [0.5, 0.6) is 5.75 Å². The van der Waals surface area contributed by atoms with Crippen molar-refractivity contribution in [2.24, 2.45) is 0 Å². The molecule has 0 aromatic heterocycles. The first-order chi connectivity index (χ1) is 12.1. The van der Waals surface area contributed by atoms with E-state index >= 15 is 0 Å². The van der Waals surface area contributed by atoms with Gasteiger partial charge in [-0.1, -0.05) is 35.3 Å². The van der Waals surface area contributed by atoms with Gasteiger partial charge in [0.1, 0.15) is 10.8 Å². The van der Waals surface area contributed by atoms with Crippen LogP contribution in [0.3, 0.4) is 0 Å². The van der Waals surface area contributed by atoms with E-state index in [1.807, 2.05) is 0 Å². The fraction of sp³-hybridized carbons (Fsp3) is 0.235. The van der Waals surface area contributed by atoms with E-state index in [1.165, 1.54) is 26.2 Å². The van der Waals surface area contributed by atoms with Gasteiger partial charge in [0.15, 0.2) is 6.61 Å². The zero-order valence-corrected chi connectivity index (χ0v) is 16.7. The third-order valence-electron chi connectivity index (χ3n) is 3.54. The summed E-state index contributed by atoms with van der Waals surface area (Å²) in [6.07, 6.45) is 0. The molecule has 1 N–H and O–H groups in total. The number of sulfonamides is 1. The minimum Gasteiger partial charge on any atom is -0.482 e. The van der Waals surface area contributed by atoms with E-state index in [1.54, 1.807) is 31.2 Å². The third-order valence-corrected chi connectivity index (χ3v) is 6.15. The number of aryl methyl sites for hydroxylation is 1. The molecule has 0 aliphatic carbocycles. The molecule has 0 saturated carbocycles. The number of nitrogens with zero attached hydrogens (tertiary/aromatic N) is 1. The van der Waals surface area contributed by atoms with Crippen molar-refractivity contribution in [3.8, 4) is 5.75 Å². The molecular weight excluding hydrogens is 399 g/mol. The highest BCUT2D eigenvalue weighted by atomic mass is 35.5. The number of benzene rings is 2. The van der Waals surface area contributed by atoms with Crippen LogP contribution in [0.1, 0.15) is 5.56 Å². The van der Waals surface area contributed by atoms with Crippen LogP contribution in [-0.2, 0) is 14.8 Å². The summed E-state index contributed by atoms with van der Waals surface area (Å²) in [6, 6.07) is 9.38. The number of nitrogens with one attached hydrogen (secondary N) is 1. The maximum Gasteiger partial charge on any atom is 0.262 e. The van der Waals surface area contributed by atoms with Crippen LogP contribution in [0.15, 0.2) is 41.3 Å². The molecule has 0 fully saturated rings. The van der Waals surface area contributed by atoms with Crippen LogP contribution in [0.2, 0.25) is 10.0 Å². The van der Waals surface area contributed by atoms with Crippen molar-refractivity contribution in [3.05, 3.63) is 52.0 Å². The Morgan fingerprint density at radius 1 is 1.19 bits per heavy atom. The molecule has 0 bridgehead atoms. The molecule has 0 aliphatic heterocycles. The molecule has 0 radical (unpaired) electrons. The number of hydrogen-bond donors (Lipinski definition) is 1. The molecule has 26 heavy (non-hydrogen) atoms. The van der Waals surface area contributed by atoms with Gasteiger partial charge in [-0.2, -0.15) is 0 Å². The minimum atomic E-state index is -3.60. The fourth-order valence-electron chi connectivity index (χ4n) is 2.03. The van der Waals surface area contributed by atoms with Gasteiger partial charge in [0, 0.05) is 19.8 Å². The van der Waals surface area contributed by atoms with E-state index in [0.29, 0.717) is 10.7 Å². The monoisotopic (exact) mass is 416 g/mol. The van der Waals surface area contributed by atoms with Gasteiger partial charge >= 0.3 is 0 Å². The lowest BCUT2D eigenvalue weighted by atomic mass is 10.2. The molecule has 0 atom stereocenters. The number of anilines is 1. The predicted molar refractivity (Wildman–Crippen MR) is 103 cm³/mol. The van der Waals surface area contributed by atoms with Gasteiger partial charge in [-0.25, -0.2) is 12.7 Å². The summed E-state index contributed by atoms with van der Waals surface area (Å²) in [4.78, 5) is 12.2. The topological polar surface area (TPSA) is 75.7 Å². The Balaban J connectivity index is 2.13. The molecule has 2 rings (SSSR count). The van der Waals surface area contributed by atoms with E-state index < -0.39 is 15.9 Å². The zero-order valence-electron chi connectivity index (χ0n) is 14.4. The van der Waals surface area contributed by atoms with Crippen LogP contribution in [-0.4, -0.2) is 39.3 Å². The molecule has 0 saturated heterocycles. The van der Waals surface area contributed by atoms with Crippen LogP contribution < -0.4 is 10.1 Å². The Bertz CT molecular complexity index is 930. The van der Waals surface area contributed by atoms with Gasteiger partial charge in [-0.3, -0.25) is 4.79 Å². The molecule has 140 valence electrons. The first-order valence-electron chi connectivity index (χ1n) is 7.52. The van der Waals surface area contributed by atoms with Crippen molar-refractivity contribution in [2.45, 2.75) is 11.8 Å². The van der Waals surface area contributed by atoms with Gasteiger partial charge in [0.2, 0.25) is 10.0 Å². The summed E-state index contributed by atoms with van der Waals surface area (Å²) in [7, 11) is -0.718. The summed E-state index contributed by atoms with van der Waals surface area (Å²) in [5, 5.41) is 3.18. The second-order valence-corrected chi connectivity index (χ2v) is 8.59. The number of carbonyl (C=O) groups is 1. The van der Waals surface area contributed by atoms with E-state index in [2.05, 4.69) is 5.32 Å². The van der Waals surface area contributed by atoms with Crippen LogP contribution in [0, 0.1) is 6.92 Å². The number of carbonyl (C=O) groups excluding carboxylic acids is 1. The Labute approximate surface area is 162 Å². The minimum absolute atomic E-state index is 0.0854. The van der Waals surface area contributed by atoms with Gasteiger partial charge in [0.05, 0.1) is 9.92 Å². The molecule has 0 heterocycles. The van der Waals surface area contributed by atoms with Crippen LogP contribution in [0.4, 0.5) is 5.69 Å². The Hall–Kier alpha value is -1.80. The number of ether oxygens (including phenoxy) is 1. The highest BCUT2D eigenvalue weighted by Crippen LogP contribution is 2.31. The molecule has 0 spiro atoms. The highest BCUT2D eigenvalue weighted by molar-refractivity contribution is 7.89. The Morgan fingerprint density at radius 2 is 1.88 bits per heavy atom. The second-order valence-electron chi connectivity index (χ2n) is 5.65. The van der Waals surface area contributed by atoms with Gasteiger partial charge in [-0.15, -0.1) is 0 Å². The third kappa shape index (κ3) is 4.67. The first kappa shape index (κ1) is 20.5. The van der Waals surface area contributed by atoms with E-state index in [-0.39, 0.29) is 22.3 Å². The molecule has 2 aromatic rings.